The van der Waals surface area contributed by atoms with Crippen molar-refractivity contribution in [3.63, 3.8) is 0 Å². The van der Waals surface area contributed by atoms with Gasteiger partial charge in [0.1, 0.15) is 0 Å². The third kappa shape index (κ3) is 3.76. The van der Waals surface area contributed by atoms with Gasteiger partial charge in [-0.1, -0.05) is 11.6 Å². The van der Waals surface area contributed by atoms with Crippen molar-refractivity contribution >= 4 is 17.5 Å². The Morgan fingerprint density at radius 1 is 1.15 bits per heavy atom. The molecule has 27 heavy (non-hydrogen) atoms. The summed E-state index contributed by atoms with van der Waals surface area (Å²) in [5.41, 5.74) is 3.96. The molecule has 6 heteroatoms. The summed E-state index contributed by atoms with van der Waals surface area (Å²) in [7, 11) is 0. The smallest absolute Gasteiger partial charge is 0.227 e. The number of fused-ring (bicyclic) bond motifs is 1. The Balaban J connectivity index is 1.49. The number of aromatic nitrogens is 2. The minimum Gasteiger partial charge on any atom is -0.342 e. The molecule has 2 fully saturated rings. The zero-order valence-electron chi connectivity index (χ0n) is 16.0. The number of nitrogens with one attached hydrogen (secondary N) is 1. The number of halogens is 1. The maximum absolute atomic E-state index is 13.0. The van der Waals surface area contributed by atoms with E-state index in [4.69, 9.17) is 11.6 Å². The minimum absolute atomic E-state index is 0.227. The van der Waals surface area contributed by atoms with Gasteiger partial charge in [-0.05, 0) is 75.9 Å². The van der Waals surface area contributed by atoms with Crippen molar-refractivity contribution < 1.29 is 4.79 Å². The lowest BCUT2D eigenvalue weighted by Crippen LogP contribution is -2.34. The molecule has 1 N–H and O–H groups in total. The number of hydrogen-bond acceptors (Lipinski definition) is 3. The summed E-state index contributed by atoms with van der Waals surface area (Å²) in [5, 5.41) is 8.86. The highest BCUT2D eigenvalue weighted by molar-refractivity contribution is 6.30. The van der Waals surface area contributed by atoms with Crippen molar-refractivity contribution in [1.29, 1.82) is 0 Å². The summed E-state index contributed by atoms with van der Waals surface area (Å²) in [4.78, 5) is 15.1. The predicted octanol–water partition coefficient (Wildman–Crippen LogP) is 3.14. The van der Waals surface area contributed by atoms with Crippen LogP contribution in [0.3, 0.4) is 0 Å². The molecule has 0 bridgehead atoms. The summed E-state index contributed by atoms with van der Waals surface area (Å²) in [6.45, 7) is 8.00. The van der Waals surface area contributed by atoms with Crippen molar-refractivity contribution in [3.8, 4) is 5.69 Å². The van der Waals surface area contributed by atoms with Gasteiger partial charge in [0.2, 0.25) is 5.91 Å². The highest BCUT2D eigenvalue weighted by Gasteiger charge is 2.31. The summed E-state index contributed by atoms with van der Waals surface area (Å²) >= 11 is 5.99. The van der Waals surface area contributed by atoms with Crippen LogP contribution in [0.5, 0.6) is 0 Å². The Labute approximate surface area is 165 Å². The Morgan fingerprint density at radius 3 is 2.41 bits per heavy atom. The van der Waals surface area contributed by atoms with E-state index in [9.17, 15) is 4.79 Å². The first-order valence-electron chi connectivity index (χ1n) is 9.82. The lowest BCUT2D eigenvalue weighted by Gasteiger charge is -2.21. The Kier molecular flexibility index (Phi) is 5.24. The molecule has 3 heterocycles. The predicted molar refractivity (Wildman–Crippen MR) is 107 cm³/mol. The van der Waals surface area contributed by atoms with Gasteiger partial charge in [-0.3, -0.25) is 4.79 Å². The van der Waals surface area contributed by atoms with Crippen LogP contribution in [0.4, 0.5) is 0 Å². The highest BCUT2D eigenvalue weighted by Crippen LogP contribution is 2.28. The number of benzene rings is 1. The zero-order valence-corrected chi connectivity index (χ0v) is 16.8. The van der Waals surface area contributed by atoms with Crippen LogP contribution in [-0.4, -0.2) is 46.8 Å². The van der Waals surface area contributed by atoms with Crippen molar-refractivity contribution in [2.24, 2.45) is 11.8 Å². The molecular formula is C21H27ClN4O. The molecule has 4 rings (SSSR count). The van der Waals surface area contributed by atoms with E-state index in [0.29, 0.717) is 11.4 Å². The summed E-state index contributed by atoms with van der Waals surface area (Å²) < 4.78 is 1.91. The zero-order chi connectivity index (χ0) is 19.0. The van der Waals surface area contributed by atoms with E-state index in [-0.39, 0.29) is 5.91 Å². The van der Waals surface area contributed by atoms with Crippen LogP contribution >= 0.6 is 11.6 Å². The fourth-order valence-corrected chi connectivity index (χ4v) is 4.62. The molecule has 2 aliphatic rings. The molecule has 1 aromatic heterocycles. The van der Waals surface area contributed by atoms with Gasteiger partial charge in [-0.25, -0.2) is 4.68 Å². The first-order valence-corrected chi connectivity index (χ1v) is 10.2. The summed E-state index contributed by atoms with van der Waals surface area (Å²) in [5.74, 6) is 1.70. The van der Waals surface area contributed by atoms with Crippen molar-refractivity contribution in [2.75, 3.05) is 26.2 Å². The molecule has 0 spiro atoms. The number of amides is 1. The Hall–Kier alpha value is -1.85. The normalized spacial score (nSPS) is 22.6. The number of carbonyl (C=O) groups is 1. The van der Waals surface area contributed by atoms with Crippen LogP contribution < -0.4 is 5.32 Å². The SMILES string of the molecule is Cc1nn(-c2ccc(Cl)cc2)c(C)c1CC(=O)N1CC[C@@H]2CNC[C@@H]2CC1. The molecule has 144 valence electrons. The van der Waals surface area contributed by atoms with Gasteiger partial charge < -0.3 is 10.2 Å². The van der Waals surface area contributed by atoms with E-state index in [0.717, 1.165) is 73.5 Å². The van der Waals surface area contributed by atoms with E-state index in [1.165, 1.54) is 0 Å². The number of nitrogens with zero attached hydrogens (tertiary/aromatic N) is 3. The van der Waals surface area contributed by atoms with Gasteiger partial charge in [0, 0.05) is 29.4 Å². The van der Waals surface area contributed by atoms with Gasteiger partial charge in [0.15, 0.2) is 0 Å². The third-order valence-electron chi connectivity index (χ3n) is 6.21. The average Bonchev–Trinajstić information content (AvgIpc) is 3.15. The second-order valence-electron chi connectivity index (χ2n) is 7.85. The molecule has 0 radical (unpaired) electrons. The van der Waals surface area contributed by atoms with E-state index < -0.39 is 0 Å². The highest BCUT2D eigenvalue weighted by atomic mass is 35.5. The number of rotatable bonds is 3. The second kappa shape index (κ2) is 7.64. The average molecular weight is 387 g/mol. The molecule has 5 nitrogen and oxygen atoms in total. The topological polar surface area (TPSA) is 50.2 Å². The second-order valence-corrected chi connectivity index (χ2v) is 8.29. The van der Waals surface area contributed by atoms with Gasteiger partial charge in [0.25, 0.3) is 0 Å². The molecule has 0 unspecified atom stereocenters. The summed E-state index contributed by atoms with van der Waals surface area (Å²) in [6, 6.07) is 7.63. The maximum Gasteiger partial charge on any atom is 0.227 e. The van der Waals surface area contributed by atoms with Gasteiger partial charge >= 0.3 is 0 Å². The Bertz CT molecular complexity index is 815. The largest absolute Gasteiger partial charge is 0.342 e. The number of likely N-dealkylation sites (tertiary alicyclic amines) is 1. The van der Waals surface area contributed by atoms with Crippen molar-refractivity contribution in [1.82, 2.24) is 20.0 Å². The van der Waals surface area contributed by atoms with E-state index in [1.807, 2.05) is 42.8 Å². The van der Waals surface area contributed by atoms with Crippen LogP contribution in [0.15, 0.2) is 24.3 Å². The maximum atomic E-state index is 13.0. The van der Waals surface area contributed by atoms with Crippen LogP contribution in [0.25, 0.3) is 5.69 Å². The monoisotopic (exact) mass is 386 g/mol. The molecule has 2 aromatic rings. The number of aryl methyl sites for hydroxylation is 1. The molecule has 2 atom stereocenters. The van der Waals surface area contributed by atoms with E-state index in [2.05, 4.69) is 15.3 Å². The number of carbonyl (C=O) groups excluding carboxylic acids is 1. The first kappa shape index (κ1) is 18.5. The quantitative estimate of drug-likeness (QED) is 0.881. The Morgan fingerprint density at radius 2 is 1.78 bits per heavy atom. The lowest BCUT2D eigenvalue weighted by atomic mass is 9.92. The molecule has 1 amide bonds. The van der Waals surface area contributed by atoms with Crippen LogP contribution in [-0.2, 0) is 11.2 Å². The minimum atomic E-state index is 0.227. The molecule has 0 saturated carbocycles. The number of hydrogen-bond donors (Lipinski definition) is 1. The molecular weight excluding hydrogens is 360 g/mol. The summed E-state index contributed by atoms with van der Waals surface area (Å²) in [6.07, 6.45) is 2.66. The molecule has 0 aliphatic carbocycles. The van der Waals surface area contributed by atoms with Crippen LogP contribution in [0.2, 0.25) is 5.02 Å². The third-order valence-corrected chi connectivity index (χ3v) is 6.46. The van der Waals surface area contributed by atoms with E-state index >= 15 is 0 Å². The fraction of sp³-hybridized carbons (Fsp3) is 0.524. The molecule has 2 aliphatic heterocycles. The van der Waals surface area contributed by atoms with E-state index in [1.54, 1.807) is 0 Å². The molecule has 1 aromatic carbocycles. The van der Waals surface area contributed by atoms with Crippen LogP contribution in [0.1, 0.15) is 29.8 Å². The van der Waals surface area contributed by atoms with Crippen LogP contribution in [0, 0.1) is 25.7 Å². The fourth-order valence-electron chi connectivity index (χ4n) is 4.50. The lowest BCUT2D eigenvalue weighted by molar-refractivity contribution is -0.130. The van der Waals surface area contributed by atoms with Crippen molar-refractivity contribution in [2.45, 2.75) is 33.1 Å². The van der Waals surface area contributed by atoms with Gasteiger partial charge in [-0.2, -0.15) is 5.10 Å². The first-order chi connectivity index (χ1) is 13.0. The van der Waals surface area contributed by atoms with Gasteiger partial charge in [0.05, 0.1) is 17.8 Å². The van der Waals surface area contributed by atoms with Crippen molar-refractivity contribution in [3.05, 3.63) is 46.2 Å². The van der Waals surface area contributed by atoms with Gasteiger partial charge in [-0.15, -0.1) is 0 Å². The standard InChI is InChI=1S/C21H27ClN4O/c1-14-20(15(2)26(24-14)19-5-3-18(22)4-6-19)11-21(27)25-9-7-16-12-23-13-17(16)8-10-25/h3-6,16-17,23H,7-13H2,1-2H3/t16-,17+. The molecule has 2 saturated heterocycles.